The number of benzene rings is 2. The lowest BCUT2D eigenvalue weighted by Gasteiger charge is -2.35. The van der Waals surface area contributed by atoms with Gasteiger partial charge in [0.25, 0.3) is 0 Å². The van der Waals surface area contributed by atoms with E-state index in [9.17, 15) is 0 Å². The molecule has 1 aliphatic heterocycles. The summed E-state index contributed by atoms with van der Waals surface area (Å²) in [5.74, 6) is 1.77. The van der Waals surface area contributed by atoms with Crippen LogP contribution in [-0.4, -0.2) is 31.1 Å². The molecule has 2 aromatic carbocycles. The molecule has 1 N–H and O–H groups in total. The minimum absolute atomic E-state index is 0.421. The van der Waals surface area contributed by atoms with Crippen molar-refractivity contribution in [1.82, 2.24) is 10.2 Å². The van der Waals surface area contributed by atoms with Gasteiger partial charge in [-0.3, -0.25) is 4.90 Å². The van der Waals surface area contributed by atoms with E-state index in [0.717, 1.165) is 50.5 Å². The van der Waals surface area contributed by atoms with E-state index in [-0.39, 0.29) is 0 Å². The zero-order valence-corrected chi connectivity index (χ0v) is 14.2. The molecule has 0 radical (unpaired) electrons. The first-order valence-electron chi connectivity index (χ1n) is 8.75. The lowest BCUT2D eigenvalue weighted by Crippen LogP contribution is -2.45. The molecule has 0 saturated carbocycles. The molecule has 1 saturated heterocycles. The Balaban J connectivity index is 1.78. The maximum absolute atomic E-state index is 6.01. The summed E-state index contributed by atoms with van der Waals surface area (Å²) in [7, 11) is 0. The molecule has 2 aromatic rings. The van der Waals surface area contributed by atoms with E-state index in [1.807, 2.05) is 42.5 Å². The SMILES string of the molecule is C=CCC[C@@H](c1cccc(Oc2ccccc2)c1)N1CCNCC1. The summed E-state index contributed by atoms with van der Waals surface area (Å²) in [5, 5.41) is 3.43. The fourth-order valence-electron chi connectivity index (χ4n) is 3.24. The molecule has 0 spiro atoms. The van der Waals surface area contributed by atoms with Gasteiger partial charge in [-0.1, -0.05) is 36.4 Å². The molecule has 3 rings (SSSR count). The summed E-state index contributed by atoms with van der Waals surface area (Å²) >= 11 is 0. The Morgan fingerprint density at radius 1 is 1.04 bits per heavy atom. The minimum atomic E-state index is 0.421. The average Bonchev–Trinajstić information content (AvgIpc) is 2.64. The Morgan fingerprint density at radius 2 is 1.79 bits per heavy atom. The van der Waals surface area contributed by atoms with Crippen LogP contribution >= 0.6 is 0 Å². The van der Waals surface area contributed by atoms with Crippen molar-refractivity contribution in [1.29, 1.82) is 0 Å². The van der Waals surface area contributed by atoms with Gasteiger partial charge < -0.3 is 10.1 Å². The largest absolute Gasteiger partial charge is 0.457 e. The molecule has 0 unspecified atom stereocenters. The summed E-state index contributed by atoms with van der Waals surface area (Å²) in [4.78, 5) is 2.57. The molecule has 126 valence electrons. The third-order valence-electron chi connectivity index (χ3n) is 4.46. The maximum Gasteiger partial charge on any atom is 0.127 e. The third-order valence-corrected chi connectivity index (χ3v) is 4.46. The fraction of sp³-hybridized carbons (Fsp3) is 0.333. The Kier molecular flexibility index (Phi) is 6.05. The molecule has 1 heterocycles. The molecular formula is C21H26N2O. The minimum Gasteiger partial charge on any atom is -0.457 e. The molecule has 0 bridgehead atoms. The van der Waals surface area contributed by atoms with Crippen molar-refractivity contribution in [3.8, 4) is 11.5 Å². The Labute approximate surface area is 145 Å². The number of ether oxygens (including phenoxy) is 1. The topological polar surface area (TPSA) is 24.5 Å². The van der Waals surface area contributed by atoms with Crippen LogP contribution < -0.4 is 10.1 Å². The Bertz CT molecular complexity index is 635. The number of nitrogens with one attached hydrogen (secondary N) is 1. The van der Waals surface area contributed by atoms with Gasteiger partial charge in [0.15, 0.2) is 0 Å². The van der Waals surface area contributed by atoms with E-state index in [1.165, 1.54) is 5.56 Å². The van der Waals surface area contributed by atoms with Crippen LogP contribution in [0.3, 0.4) is 0 Å². The van der Waals surface area contributed by atoms with Crippen LogP contribution in [0.25, 0.3) is 0 Å². The maximum atomic E-state index is 6.01. The fourth-order valence-corrected chi connectivity index (χ4v) is 3.24. The van der Waals surface area contributed by atoms with E-state index in [4.69, 9.17) is 4.74 Å². The highest BCUT2D eigenvalue weighted by Gasteiger charge is 2.21. The third kappa shape index (κ3) is 4.47. The summed E-state index contributed by atoms with van der Waals surface area (Å²) in [6.07, 6.45) is 4.14. The van der Waals surface area contributed by atoms with Crippen LogP contribution in [0.5, 0.6) is 11.5 Å². The van der Waals surface area contributed by atoms with Crippen LogP contribution in [0.2, 0.25) is 0 Å². The van der Waals surface area contributed by atoms with Gasteiger partial charge in [-0.05, 0) is 42.7 Å². The van der Waals surface area contributed by atoms with Gasteiger partial charge in [-0.2, -0.15) is 0 Å². The zero-order valence-electron chi connectivity index (χ0n) is 14.2. The van der Waals surface area contributed by atoms with Crippen molar-refractivity contribution in [2.45, 2.75) is 18.9 Å². The summed E-state index contributed by atoms with van der Waals surface area (Å²) < 4.78 is 6.01. The molecular weight excluding hydrogens is 296 g/mol. The predicted molar refractivity (Wildman–Crippen MR) is 99.6 cm³/mol. The highest BCUT2D eigenvalue weighted by molar-refractivity contribution is 5.35. The second-order valence-electron chi connectivity index (χ2n) is 6.16. The van der Waals surface area contributed by atoms with E-state index in [1.54, 1.807) is 0 Å². The highest BCUT2D eigenvalue weighted by atomic mass is 16.5. The first-order valence-corrected chi connectivity index (χ1v) is 8.75. The number of allylic oxidation sites excluding steroid dienone is 1. The molecule has 0 amide bonds. The van der Waals surface area contributed by atoms with E-state index < -0.39 is 0 Å². The van der Waals surface area contributed by atoms with Crippen molar-refractivity contribution in [2.75, 3.05) is 26.2 Å². The molecule has 0 aliphatic carbocycles. The number of hydrogen-bond acceptors (Lipinski definition) is 3. The number of rotatable bonds is 7. The van der Waals surface area contributed by atoms with Gasteiger partial charge in [-0.15, -0.1) is 6.58 Å². The van der Waals surface area contributed by atoms with Crippen molar-refractivity contribution in [3.63, 3.8) is 0 Å². The second kappa shape index (κ2) is 8.67. The van der Waals surface area contributed by atoms with Crippen LogP contribution in [0, 0.1) is 0 Å². The lowest BCUT2D eigenvalue weighted by atomic mass is 9.99. The lowest BCUT2D eigenvalue weighted by molar-refractivity contribution is 0.166. The number of piperazine rings is 1. The van der Waals surface area contributed by atoms with E-state index in [2.05, 4.69) is 35.0 Å². The second-order valence-corrected chi connectivity index (χ2v) is 6.16. The number of hydrogen-bond donors (Lipinski definition) is 1. The highest BCUT2D eigenvalue weighted by Crippen LogP contribution is 2.30. The van der Waals surface area contributed by atoms with Gasteiger partial charge in [0.05, 0.1) is 0 Å². The Hall–Kier alpha value is -2.10. The van der Waals surface area contributed by atoms with E-state index >= 15 is 0 Å². The van der Waals surface area contributed by atoms with Gasteiger partial charge >= 0.3 is 0 Å². The molecule has 24 heavy (non-hydrogen) atoms. The number of nitrogens with zero attached hydrogens (tertiary/aromatic N) is 1. The predicted octanol–water partition coefficient (Wildman–Crippen LogP) is 4.39. The standard InChI is InChI=1S/C21H26N2O/c1-2-3-12-21(23-15-13-22-14-16-23)18-8-7-11-20(17-18)24-19-9-5-4-6-10-19/h2,4-11,17,21-22H,1,3,12-16H2/t21-/m0/s1. The van der Waals surface area contributed by atoms with Crippen molar-refractivity contribution >= 4 is 0 Å². The van der Waals surface area contributed by atoms with Crippen molar-refractivity contribution in [3.05, 3.63) is 72.8 Å². The molecule has 1 atom stereocenters. The van der Waals surface area contributed by atoms with Crippen LogP contribution in [0.15, 0.2) is 67.3 Å². The monoisotopic (exact) mass is 322 g/mol. The van der Waals surface area contributed by atoms with Crippen molar-refractivity contribution < 1.29 is 4.74 Å². The molecule has 0 aromatic heterocycles. The van der Waals surface area contributed by atoms with Crippen molar-refractivity contribution in [2.24, 2.45) is 0 Å². The van der Waals surface area contributed by atoms with Crippen LogP contribution in [0.1, 0.15) is 24.4 Å². The first-order chi connectivity index (χ1) is 11.9. The number of para-hydroxylation sites is 1. The zero-order chi connectivity index (χ0) is 16.6. The molecule has 1 aliphatic rings. The quantitative estimate of drug-likeness (QED) is 0.765. The summed E-state index contributed by atoms with van der Waals surface area (Å²) in [6.45, 7) is 8.19. The summed E-state index contributed by atoms with van der Waals surface area (Å²) in [6, 6.07) is 18.9. The van der Waals surface area contributed by atoms with Gasteiger partial charge in [0.2, 0.25) is 0 Å². The molecule has 1 fully saturated rings. The van der Waals surface area contributed by atoms with Gasteiger partial charge in [0.1, 0.15) is 11.5 Å². The smallest absolute Gasteiger partial charge is 0.127 e. The molecule has 3 nitrogen and oxygen atoms in total. The molecule has 3 heteroatoms. The van der Waals surface area contributed by atoms with E-state index in [0.29, 0.717) is 6.04 Å². The van der Waals surface area contributed by atoms with Crippen LogP contribution in [-0.2, 0) is 0 Å². The Morgan fingerprint density at radius 3 is 2.54 bits per heavy atom. The normalized spacial score (nSPS) is 16.5. The summed E-state index contributed by atoms with van der Waals surface area (Å²) in [5.41, 5.74) is 1.33. The first kappa shape index (κ1) is 16.7. The van der Waals surface area contributed by atoms with Crippen LogP contribution in [0.4, 0.5) is 0 Å². The average molecular weight is 322 g/mol. The van der Waals surface area contributed by atoms with Gasteiger partial charge in [0, 0.05) is 32.2 Å². The van der Waals surface area contributed by atoms with Gasteiger partial charge in [-0.25, -0.2) is 0 Å².